The van der Waals surface area contributed by atoms with Crippen LogP contribution in [0.1, 0.15) is 39.2 Å². The van der Waals surface area contributed by atoms with Crippen LogP contribution in [-0.2, 0) is 6.54 Å². The smallest absolute Gasteiger partial charge is 0.191 e. The van der Waals surface area contributed by atoms with Crippen LogP contribution >= 0.6 is 0 Å². The highest BCUT2D eigenvalue weighted by atomic mass is 16.3. The summed E-state index contributed by atoms with van der Waals surface area (Å²) in [4.78, 5) is 8.90. The summed E-state index contributed by atoms with van der Waals surface area (Å²) in [6.45, 7) is 8.90. The lowest BCUT2D eigenvalue weighted by Crippen LogP contribution is -2.40. The summed E-state index contributed by atoms with van der Waals surface area (Å²) in [5.74, 6) is 2.61. The van der Waals surface area contributed by atoms with Crippen LogP contribution in [0.5, 0.6) is 0 Å². The van der Waals surface area contributed by atoms with E-state index in [0.717, 1.165) is 48.8 Å². The molecule has 0 bridgehead atoms. The molecular formula is C20H32N6O. The van der Waals surface area contributed by atoms with Gasteiger partial charge in [0.2, 0.25) is 0 Å². The molecule has 0 spiro atoms. The van der Waals surface area contributed by atoms with Crippen molar-refractivity contribution in [1.82, 2.24) is 25.8 Å². The molecule has 1 aromatic carbocycles. The third-order valence-electron chi connectivity index (χ3n) is 4.28. The monoisotopic (exact) mass is 372 g/mol. The molecule has 1 atom stereocenters. The number of benzene rings is 1. The molecule has 0 aliphatic carbocycles. The Bertz CT molecular complexity index is 684. The number of hydrogen-bond acceptors (Lipinski definition) is 4. The minimum atomic E-state index is 0.223. The first-order chi connectivity index (χ1) is 13.1. The highest BCUT2D eigenvalue weighted by Crippen LogP contribution is 2.16. The number of aromatic amines is 1. The van der Waals surface area contributed by atoms with Crippen molar-refractivity contribution in [1.29, 1.82) is 0 Å². The van der Waals surface area contributed by atoms with E-state index < -0.39 is 0 Å². The van der Waals surface area contributed by atoms with E-state index in [1.165, 1.54) is 6.33 Å². The number of nitrogens with one attached hydrogen (secondary N) is 3. The molecule has 1 aromatic heterocycles. The molecular weight excluding hydrogens is 340 g/mol. The molecule has 0 saturated heterocycles. The summed E-state index contributed by atoms with van der Waals surface area (Å²) in [5, 5.41) is 22.8. The van der Waals surface area contributed by atoms with Crippen molar-refractivity contribution in [2.75, 3.05) is 19.7 Å². The van der Waals surface area contributed by atoms with Crippen LogP contribution in [0, 0.1) is 11.8 Å². The predicted octanol–water partition coefficient (Wildman–Crippen LogP) is 2.57. The second-order valence-electron chi connectivity index (χ2n) is 7.12. The highest BCUT2D eigenvalue weighted by molar-refractivity contribution is 5.79. The lowest BCUT2D eigenvalue weighted by atomic mass is 9.94. The van der Waals surface area contributed by atoms with Crippen LogP contribution in [0.15, 0.2) is 35.6 Å². The van der Waals surface area contributed by atoms with Gasteiger partial charge >= 0.3 is 0 Å². The maximum atomic E-state index is 9.29. The van der Waals surface area contributed by atoms with Gasteiger partial charge < -0.3 is 15.7 Å². The number of hydrogen-bond donors (Lipinski definition) is 4. The van der Waals surface area contributed by atoms with Gasteiger partial charge in [0.05, 0.1) is 6.54 Å². The lowest BCUT2D eigenvalue weighted by molar-refractivity contribution is 0.243. The van der Waals surface area contributed by atoms with Crippen LogP contribution in [0.2, 0.25) is 0 Å². The zero-order valence-electron chi connectivity index (χ0n) is 16.6. The fourth-order valence-corrected chi connectivity index (χ4v) is 3.07. The zero-order chi connectivity index (χ0) is 19.5. The highest BCUT2D eigenvalue weighted by Gasteiger charge is 2.11. The van der Waals surface area contributed by atoms with Crippen LogP contribution in [-0.4, -0.2) is 45.9 Å². The van der Waals surface area contributed by atoms with Crippen LogP contribution in [0.3, 0.4) is 0 Å². The van der Waals surface area contributed by atoms with E-state index in [9.17, 15) is 5.11 Å². The summed E-state index contributed by atoms with van der Waals surface area (Å²) in [7, 11) is 0. The first-order valence-corrected chi connectivity index (χ1v) is 9.70. The number of H-pyrrole nitrogens is 1. The molecule has 1 unspecified atom stereocenters. The largest absolute Gasteiger partial charge is 0.396 e. The van der Waals surface area contributed by atoms with Gasteiger partial charge in [0.15, 0.2) is 11.8 Å². The lowest BCUT2D eigenvalue weighted by Gasteiger charge is -2.20. The average molecular weight is 373 g/mol. The Kier molecular flexibility index (Phi) is 8.77. The number of aliphatic hydroxyl groups excluding tert-OH is 1. The molecule has 0 fully saturated rings. The van der Waals surface area contributed by atoms with E-state index in [2.05, 4.69) is 58.7 Å². The Morgan fingerprint density at radius 3 is 2.81 bits per heavy atom. The Morgan fingerprint density at radius 2 is 2.15 bits per heavy atom. The van der Waals surface area contributed by atoms with Crippen molar-refractivity contribution in [2.24, 2.45) is 16.8 Å². The Hall–Kier alpha value is -2.41. The van der Waals surface area contributed by atoms with Gasteiger partial charge in [-0.1, -0.05) is 32.0 Å². The van der Waals surface area contributed by atoms with Gasteiger partial charge in [-0.05, 0) is 43.2 Å². The molecule has 0 radical (unpaired) electrons. The molecule has 0 amide bonds. The third-order valence-corrected chi connectivity index (χ3v) is 4.28. The summed E-state index contributed by atoms with van der Waals surface area (Å²) in [6.07, 6.45) is 3.41. The zero-order valence-corrected chi connectivity index (χ0v) is 16.6. The quantitative estimate of drug-likeness (QED) is 0.380. The SMILES string of the molecule is CCNC(=NCc1cccc(-c2ncn[nH]2)c1)NCC(CCO)CC(C)C. The fourth-order valence-electron chi connectivity index (χ4n) is 3.07. The van der Waals surface area contributed by atoms with Crippen LogP contribution < -0.4 is 10.6 Å². The number of guanidine groups is 1. The maximum Gasteiger partial charge on any atom is 0.191 e. The van der Waals surface area contributed by atoms with Crippen molar-refractivity contribution in [3.05, 3.63) is 36.2 Å². The average Bonchev–Trinajstić information content (AvgIpc) is 3.18. The van der Waals surface area contributed by atoms with E-state index in [1.807, 2.05) is 12.1 Å². The maximum absolute atomic E-state index is 9.29. The Labute approximate surface area is 161 Å². The van der Waals surface area contributed by atoms with Gasteiger partial charge in [0.1, 0.15) is 6.33 Å². The van der Waals surface area contributed by atoms with Gasteiger partial charge in [0, 0.05) is 25.3 Å². The van der Waals surface area contributed by atoms with Gasteiger partial charge in [-0.3, -0.25) is 5.10 Å². The first kappa shape index (κ1) is 20.9. The normalized spacial score (nSPS) is 13.0. The molecule has 2 aromatic rings. The number of nitrogens with zero attached hydrogens (tertiary/aromatic N) is 3. The number of aliphatic imine (C=N–C) groups is 1. The number of aliphatic hydroxyl groups is 1. The van der Waals surface area contributed by atoms with Crippen molar-refractivity contribution >= 4 is 5.96 Å². The summed E-state index contributed by atoms with van der Waals surface area (Å²) >= 11 is 0. The third kappa shape index (κ3) is 7.38. The summed E-state index contributed by atoms with van der Waals surface area (Å²) in [5.41, 5.74) is 2.10. The van der Waals surface area contributed by atoms with E-state index >= 15 is 0 Å². The van der Waals surface area contributed by atoms with E-state index in [1.54, 1.807) is 0 Å². The first-order valence-electron chi connectivity index (χ1n) is 9.70. The van der Waals surface area contributed by atoms with Crippen molar-refractivity contribution in [2.45, 2.75) is 40.2 Å². The van der Waals surface area contributed by atoms with E-state index in [4.69, 9.17) is 4.99 Å². The van der Waals surface area contributed by atoms with E-state index in [-0.39, 0.29) is 6.61 Å². The van der Waals surface area contributed by atoms with Crippen LogP contribution in [0.25, 0.3) is 11.4 Å². The van der Waals surface area contributed by atoms with Gasteiger partial charge in [-0.15, -0.1) is 0 Å². The van der Waals surface area contributed by atoms with Crippen molar-refractivity contribution in [3.63, 3.8) is 0 Å². The van der Waals surface area contributed by atoms with E-state index in [0.29, 0.717) is 18.4 Å². The molecule has 0 aliphatic heterocycles. The molecule has 7 nitrogen and oxygen atoms in total. The molecule has 148 valence electrons. The van der Waals surface area contributed by atoms with Crippen molar-refractivity contribution in [3.8, 4) is 11.4 Å². The molecule has 4 N–H and O–H groups in total. The molecule has 1 heterocycles. The molecule has 27 heavy (non-hydrogen) atoms. The number of aromatic nitrogens is 3. The van der Waals surface area contributed by atoms with Gasteiger partial charge in [0.25, 0.3) is 0 Å². The Balaban J connectivity index is 1.99. The second kappa shape index (κ2) is 11.3. The fraction of sp³-hybridized carbons (Fsp3) is 0.550. The Morgan fingerprint density at radius 1 is 1.30 bits per heavy atom. The predicted molar refractivity (Wildman–Crippen MR) is 109 cm³/mol. The molecule has 0 aliphatic rings. The van der Waals surface area contributed by atoms with Crippen LogP contribution in [0.4, 0.5) is 0 Å². The minimum Gasteiger partial charge on any atom is -0.396 e. The molecule has 0 saturated carbocycles. The van der Waals surface area contributed by atoms with Gasteiger partial charge in [-0.25, -0.2) is 9.98 Å². The second-order valence-corrected chi connectivity index (χ2v) is 7.12. The molecule has 2 rings (SSSR count). The standard InChI is InChI=1S/C20H32N6O/c1-4-21-20(23-13-17(8-9-27)10-15(2)3)22-12-16-6-5-7-18(11-16)19-24-14-25-26-19/h5-7,11,14-15,17,27H,4,8-10,12-13H2,1-3H3,(H2,21,22,23)(H,24,25,26). The number of rotatable bonds is 10. The minimum absolute atomic E-state index is 0.223. The summed E-state index contributed by atoms with van der Waals surface area (Å²) < 4.78 is 0. The van der Waals surface area contributed by atoms with Crippen molar-refractivity contribution < 1.29 is 5.11 Å². The molecule has 7 heteroatoms. The van der Waals surface area contributed by atoms with Gasteiger partial charge in [-0.2, -0.15) is 5.10 Å². The summed E-state index contributed by atoms with van der Waals surface area (Å²) in [6, 6.07) is 8.13. The topological polar surface area (TPSA) is 98.2 Å².